The van der Waals surface area contributed by atoms with Gasteiger partial charge < -0.3 is 9.25 Å². The van der Waals surface area contributed by atoms with Gasteiger partial charge in [-0.1, -0.05) is 5.16 Å². The molecule has 0 aromatic carbocycles. The predicted molar refractivity (Wildman–Crippen MR) is 37.7 cm³/mol. The van der Waals surface area contributed by atoms with Crippen LogP contribution in [-0.4, -0.2) is 6.21 Å². The Bertz CT molecular complexity index is 191. The maximum atomic E-state index is 4.98. The lowest BCUT2D eigenvalue weighted by atomic mass is 10.5. The molecule has 0 bridgehead atoms. The average Bonchev–Trinajstić information content (AvgIpc) is 2.41. The molecule has 1 heterocycles. The second-order valence-electron chi connectivity index (χ2n) is 1.72. The van der Waals surface area contributed by atoms with Gasteiger partial charge in [0.15, 0.2) is 6.61 Å². The van der Waals surface area contributed by atoms with Crippen molar-refractivity contribution in [3.8, 4) is 0 Å². The van der Waals surface area contributed by atoms with Gasteiger partial charge in [0.05, 0.1) is 6.26 Å². The van der Waals surface area contributed by atoms with E-state index in [1.54, 1.807) is 19.4 Å². The molecule has 3 heteroatoms. The SMILES string of the molecule is C/C=N/OCc1ccco1. The monoisotopic (exact) mass is 139 g/mol. The van der Waals surface area contributed by atoms with E-state index in [1.165, 1.54) is 0 Å². The van der Waals surface area contributed by atoms with Gasteiger partial charge in [0.25, 0.3) is 0 Å². The fraction of sp³-hybridized carbons (Fsp3) is 0.286. The average molecular weight is 139 g/mol. The molecule has 0 fully saturated rings. The van der Waals surface area contributed by atoms with Crippen molar-refractivity contribution >= 4 is 6.21 Å². The van der Waals surface area contributed by atoms with Crippen molar-refractivity contribution in [2.24, 2.45) is 5.16 Å². The van der Waals surface area contributed by atoms with Gasteiger partial charge in [-0.3, -0.25) is 0 Å². The van der Waals surface area contributed by atoms with Crippen LogP contribution in [-0.2, 0) is 11.4 Å². The van der Waals surface area contributed by atoms with Crippen molar-refractivity contribution in [3.05, 3.63) is 24.2 Å². The summed E-state index contributed by atoms with van der Waals surface area (Å²) in [4.78, 5) is 4.80. The van der Waals surface area contributed by atoms with Gasteiger partial charge in [-0.05, 0) is 19.1 Å². The molecule has 0 N–H and O–H groups in total. The van der Waals surface area contributed by atoms with E-state index in [2.05, 4.69) is 5.16 Å². The van der Waals surface area contributed by atoms with Crippen LogP contribution in [0.3, 0.4) is 0 Å². The number of oxime groups is 1. The molecule has 0 saturated carbocycles. The van der Waals surface area contributed by atoms with Gasteiger partial charge in [0.1, 0.15) is 5.76 Å². The number of furan rings is 1. The van der Waals surface area contributed by atoms with Crippen molar-refractivity contribution in [3.63, 3.8) is 0 Å². The predicted octanol–water partition coefficient (Wildman–Crippen LogP) is 1.80. The number of hydrogen-bond donors (Lipinski definition) is 0. The zero-order valence-corrected chi connectivity index (χ0v) is 5.78. The third-order valence-electron chi connectivity index (χ3n) is 0.967. The lowest BCUT2D eigenvalue weighted by Crippen LogP contribution is -1.82. The Morgan fingerprint density at radius 3 is 3.30 bits per heavy atom. The van der Waals surface area contributed by atoms with Crippen LogP contribution < -0.4 is 0 Å². The Morgan fingerprint density at radius 1 is 1.80 bits per heavy atom. The Kier molecular flexibility index (Phi) is 2.55. The Balaban J connectivity index is 2.28. The highest BCUT2D eigenvalue weighted by Crippen LogP contribution is 2.00. The van der Waals surface area contributed by atoms with Gasteiger partial charge in [-0.2, -0.15) is 0 Å². The standard InChI is InChI=1S/C7H9NO2/c1-2-8-10-6-7-4-3-5-9-7/h2-5H,6H2,1H3/b8-2+. The molecule has 0 saturated heterocycles. The molecule has 0 amide bonds. The second-order valence-corrected chi connectivity index (χ2v) is 1.72. The lowest BCUT2D eigenvalue weighted by molar-refractivity contribution is 0.116. The van der Waals surface area contributed by atoms with Crippen molar-refractivity contribution < 1.29 is 9.25 Å². The van der Waals surface area contributed by atoms with Crippen LogP contribution in [0.1, 0.15) is 12.7 Å². The van der Waals surface area contributed by atoms with Crippen LogP contribution in [0.4, 0.5) is 0 Å². The topological polar surface area (TPSA) is 34.7 Å². The zero-order valence-electron chi connectivity index (χ0n) is 5.78. The molecule has 1 aromatic rings. The summed E-state index contributed by atoms with van der Waals surface area (Å²) in [5.41, 5.74) is 0. The summed E-state index contributed by atoms with van der Waals surface area (Å²) in [6.07, 6.45) is 3.19. The van der Waals surface area contributed by atoms with Crippen molar-refractivity contribution in [2.45, 2.75) is 13.5 Å². The number of rotatable bonds is 3. The summed E-state index contributed by atoms with van der Waals surface area (Å²) in [6.45, 7) is 2.19. The first kappa shape index (κ1) is 6.86. The fourth-order valence-electron chi connectivity index (χ4n) is 0.570. The first-order valence-corrected chi connectivity index (χ1v) is 3.06. The van der Waals surface area contributed by atoms with Crippen molar-refractivity contribution in [1.82, 2.24) is 0 Å². The van der Waals surface area contributed by atoms with E-state index in [4.69, 9.17) is 9.25 Å². The summed E-state index contributed by atoms with van der Waals surface area (Å²) in [5, 5.41) is 3.56. The molecule has 10 heavy (non-hydrogen) atoms. The van der Waals surface area contributed by atoms with E-state index in [0.29, 0.717) is 6.61 Å². The molecule has 3 nitrogen and oxygen atoms in total. The normalized spacial score (nSPS) is 10.5. The molecule has 0 aliphatic heterocycles. The maximum absolute atomic E-state index is 4.98. The minimum absolute atomic E-state index is 0.400. The molecular weight excluding hydrogens is 130 g/mol. The van der Waals surface area contributed by atoms with Gasteiger partial charge in [-0.25, -0.2) is 0 Å². The summed E-state index contributed by atoms with van der Waals surface area (Å²) < 4.78 is 4.98. The third-order valence-corrected chi connectivity index (χ3v) is 0.967. The van der Waals surface area contributed by atoms with Gasteiger partial charge in [0.2, 0.25) is 0 Å². The van der Waals surface area contributed by atoms with Crippen molar-refractivity contribution in [2.75, 3.05) is 0 Å². The molecule has 0 radical (unpaired) electrons. The smallest absolute Gasteiger partial charge is 0.174 e. The highest BCUT2D eigenvalue weighted by molar-refractivity contribution is 5.52. The Morgan fingerprint density at radius 2 is 2.70 bits per heavy atom. The van der Waals surface area contributed by atoms with E-state index in [1.807, 2.05) is 12.1 Å². The third kappa shape index (κ3) is 1.93. The van der Waals surface area contributed by atoms with Crippen molar-refractivity contribution in [1.29, 1.82) is 0 Å². The Hall–Kier alpha value is -1.25. The molecular formula is C7H9NO2. The lowest BCUT2D eigenvalue weighted by Gasteiger charge is -1.91. The van der Waals surface area contributed by atoms with Crippen LogP contribution in [0.15, 0.2) is 28.0 Å². The Labute approximate surface area is 59.3 Å². The minimum atomic E-state index is 0.400. The number of nitrogens with zero attached hydrogens (tertiary/aromatic N) is 1. The van der Waals surface area contributed by atoms with E-state index >= 15 is 0 Å². The molecule has 0 aliphatic rings. The van der Waals surface area contributed by atoms with E-state index in [9.17, 15) is 0 Å². The summed E-state index contributed by atoms with van der Waals surface area (Å²) in [5.74, 6) is 0.783. The first-order valence-electron chi connectivity index (χ1n) is 3.06. The first-order chi connectivity index (χ1) is 4.93. The van der Waals surface area contributed by atoms with E-state index in [-0.39, 0.29) is 0 Å². The van der Waals surface area contributed by atoms with E-state index < -0.39 is 0 Å². The quantitative estimate of drug-likeness (QED) is 0.472. The number of hydrogen-bond acceptors (Lipinski definition) is 3. The highest BCUT2D eigenvalue weighted by Gasteiger charge is 1.91. The molecule has 0 atom stereocenters. The fourth-order valence-corrected chi connectivity index (χ4v) is 0.570. The van der Waals surface area contributed by atoms with Gasteiger partial charge in [-0.15, -0.1) is 0 Å². The molecule has 1 aromatic heterocycles. The maximum Gasteiger partial charge on any atom is 0.174 e. The van der Waals surface area contributed by atoms with Gasteiger partial charge in [0, 0.05) is 6.21 Å². The molecule has 0 aliphatic carbocycles. The van der Waals surface area contributed by atoms with Crippen LogP contribution in [0, 0.1) is 0 Å². The molecule has 0 unspecified atom stereocenters. The van der Waals surface area contributed by atoms with Crippen LogP contribution in [0.5, 0.6) is 0 Å². The molecule has 54 valence electrons. The second kappa shape index (κ2) is 3.71. The van der Waals surface area contributed by atoms with Crippen LogP contribution in [0.2, 0.25) is 0 Å². The summed E-state index contributed by atoms with van der Waals surface area (Å²) >= 11 is 0. The van der Waals surface area contributed by atoms with E-state index in [0.717, 1.165) is 5.76 Å². The largest absolute Gasteiger partial charge is 0.466 e. The van der Waals surface area contributed by atoms with Gasteiger partial charge >= 0.3 is 0 Å². The zero-order chi connectivity index (χ0) is 7.23. The molecule has 1 rings (SSSR count). The summed E-state index contributed by atoms with van der Waals surface area (Å²) in [6, 6.07) is 3.65. The minimum Gasteiger partial charge on any atom is -0.466 e. The summed E-state index contributed by atoms with van der Waals surface area (Å²) in [7, 11) is 0. The van der Waals surface area contributed by atoms with Crippen LogP contribution in [0.25, 0.3) is 0 Å². The molecule has 0 spiro atoms. The van der Waals surface area contributed by atoms with Crippen LogP contribution >= 0.6 is 0 Å². The highest BCUT2D eigenvalue weighted by atomic mass is 16.6.